The molecule has 1 aliphatic rings. The van der Waals surface area contributed by atoms with Gasteiger partial charge in [-0.2, -0.15) is 0 Å². The molecular formula is C17H20BrNS. The van der Waals surface area contributed by atoms with E-state index in [1.165, 1.54) is 33.3 Å². The van der Waals surface area contributed by atoms with Crippen molar-refractivity contribution < 1.29 is 0 Å². The van der Waals surface area contributed by atoms with Gasteiger partial charge in [0.2, 0.25) is 0 Å². The molecule has 2 unspecified atom stereocenters. The Morgan fingerprint density at radius 1 is 1.35 bits per heavy atom. The Morgan fingerprint density at radius 3 is 3.05 bits per heavy atom. The van der Waals surface area contributed by atoms with E-state index in [1.807, 2.05) is 11.3 Å². The van der Waals surface area contributed by atoms with E-state index in [4.69, 9.17) is 0 Å². The second kappa shape index (κ2) is 6.42. The van der Waals surface area contributed by atoms with Gasteiger partial charge in [-0.3, -0.25) is 0 Å². The molecular weight excluding hydrogens is 330 g/mol. The molecule has 20 heavy (non-hydrogen) atoms. The maximum absolute atomic E-state index is 3.81. The number of halogens is 1. The number of hydrogen-bond donors (Lipinski definition) is 1. The summed E-state index contributed by atoms with van der Waals surface area (Å²) >= 11 is 5.42. The van der Waals surface area contributed by atoms with Gasteiger partial charge < -0.3 is 5.32 Å². The van der Waals surface area contributed by atoms with Crippen LogP contribution in [-0.2, 0) is 19.3 Å². The van der Waals surface area contributed by atoms with Crippen LogP contribution >= 0.6 is 27.3 Å². The topological polar surface area (TPSA) is 12.0 Å². The minimum absolute atomic E-state index is 0.552. The Hall–Kier alpha value is -0.640. The van der Waals surface area contributed by atoms with Gasteiger partial charge in [0.15, 0.2) is 0 Å². The van der Waals surface area contributed by atoms with Crippen molar-refractivity contribution in [1.82, 2.24) is 5.32 Å². The lowest BCUT2D eigenvalue weighted by atomic mass is 9.88. The summed E-state index contributed by atoms with van der Waals surface area (Å²) in [6.45, 7) is 2.30. The molecule has 0 bridgehead atoms. The van der Waals surface area contributed by atoms with Crippen molar-refractivity contribution >= 4 is 27.3 Å². The maximum Gasteiger partial charge on any atom is 0.0178 e. The largest absolute Gasteiger partial charge is 0.311 e. The van der Waals surface area contributed by atoms with Crippen molar-refractivity contribution in [3.63, 3.8) is 0 Å². The predicted octanol–water partition coefficient (Wildman–Crippen LogP) is 4.59. The van der Waals surface area contributed by atoms with E-state index < -0.39 is 0 Å². The SMILES string of the molecule is CC(Cc1cccs1)NC1CCc2cc(Br)ccc2C1. The first-order chi connectivity index (χ1) is 9.70. The number of benzene rings is 1. The van der Waals surface area contributed by atoms with Gasteiger partial charge in [-0.1, -0.05) is 28.1 Å². The summed E-state index contributed by atoms with van der Waals surface area (Å²) in [7, 11) is 0. The van der Waals surface area contributed by atoms with Crippen molar-refractivity contribution in [3.05, 3.63) is 56.2 Å². The number of fused-ring (bicyclic) bond motifs is 1. The Balaban J connectivity index is 1.58. The molecule has 3 heteroatoms. The molecule has 0 amide bonds. The van der Waals surface area contributed by atoms with Crippen LogP contribution in [0, 0.1) is 0 Å². The molecule has 106 valence electrons. The maximum atomic E-state index is 3.81. The molecule has 1 N–H and O–H groups in total. The number of thiophene rings is 1. The van der Waals surface area contributed by atoms with Gasteiger partial charge in [0.1, 0.15) is 0 Å². The zero-order chi connectivity index (χ0) is 13.9. The van der Waals surface area contributed by atoms with Crippen LogP contribution in [0.3, 0.4) is 0 Å². The average molecular weight is 350 g/mol. The molecule has 2 atom stereocenters. The molecule has 2 aromatic rings. The highest BCUT2D eigenvalue weighted by Crippen LogP contribution is 2.25. The van der Waals surface area contributed by atoms with E-state index in [0.29, 0.717) is 12.1 Å². The fourth-order valence-electron chi connectivity index (χ4n) is 3.06. The van der Waals surface area contributed by atoms with Crippen LogP contribution in [-0.4, -0.2) is 12.1 Å². The molecule has 0 saturated carbocycles. The summed E-state index contributed by atoms with van der Waals surface area (Å²) < 4.78 is 1.20. The fraction of sp³-hybridized carbons (Fsp3) is 0.412. The lowest BCUT2D eigenvalue weighted by molar-refractivity contribution is 0.406. The van der Waals surface area contributed by atoms with E-state index in [1.54, 1.807) is 0 Å². The highest BCUT2D eigenvalue weighted by atomic mass is 79.9. The third kappa shape index (κ3) is 3.51. The second-order valence-corrected chi connectivity index (χ2v) is 7.65. The molecule has 0 spiro atoms. The zero-order valence-corrected chi connectivity index (χ0v) is 14.1. The van der Waals surface area contributed by atoms with Gasteiger partial charge in [-0.05, 0) is 67.3 Å². The van der Waals surface area contributed by atoms with Gasteiger partial charge in [0.25, 0.3) is 0 Å². The number of aryl methyl sites for hydroxylation is 1. The summed E-state index contributed by atoms with van der Waals surface area (Å²) in [6, 6.07) is 12.3. The first kappa shape index (κ1) is 14.3. The highest BCUT2D eigenvalue weighted by molar-refractivity contribution is 9.10. The number of rotatable bonds is 4. The first-order valence-corrected chi connectivity index (χ1v) is 8.93. The van der Waals surface area contributed by atoms with Gasteiger partial charge in [0, 0.05) is 21.4 Å². The lowest BCUT2D eigenvalue weighted by Crippen LogP contribution is -2.41. The standard InChI is InChI=1S/C17H20BrNS/c1-12(9-17-3-2-8-20-17)19-16-7-5-13-10-15(18)6-4-14(13)11-16/h2-4,6,8,10,12,16,19H,5,7,9,11H2,1H3. The van der Waals surface area contributed by atoms with Crippen molar-refractivity contribution in [1.29, 1.82) is 0 Å². The van der Waals surface area contributed by atoms with Gasteiger partial charge in [-0.25, -0.2) is 0 Å². The van der Waals surface area contributed by atoms with Gasteiger partial charge in [0.05, 0.1) is 0 Å². The van der Waals surface area contributed by atoms with Crippen molar-refractivity contribution in [3.8, 4) is 0 Å². The molecule has 1 aliphatic carbocycles. The molecule has 1 heterocycles. The summed E-state index contributed by atoms with van der Waals surface area (Å²) in [5.74, 6) is 0. The Labute approximate surface area is 133 Å². The Morgan fingerprint density at radius 2 is 2.25 bits per heavy atom. The van der Waals surface area contributed by atoms with E-state index in [2.05, 4.69) is 63.9 Å². The highest BCUT2D eigenvalue weighted by Gasteiger charge is 2.20. The van der Waals surface area contributed by atoms with Gasteiger partial charge >= 0.3 is 0 Å². The summed E-state index contributed by atoms with van der Waals surface area (Å²) in [5.41, 5.74) is 3.03. The van der Waals surface area contributed by atoms with Crippen LogP contribution in [0.1, 0.15) is 29.3 Å². The minimum atomic E-state index is 0.552. The number of hydrogen-bond acceptors (Lipinski definition) is 2. The molecule has 1 aromatic heterocycles. The molecule has 1 aromatic carbocycles. The smallest absolute Gasteiger partial charge is 0.0178 e. The minimum Gasteiger partial charge on any atom is -0.311 e. The molecule has 3 rings (SSSR count). The molecule has 0 fully saturated rings. The number of nitrogens with one attached hydrogen (secondary N) is 1. The van der Waals surface area contributed by atoms with Crippen molar-refractivity contribution in [2.45, 2.75) is 44.7 Å². The lowest BCUT2D eigenvalue weighted by Gasteiger charge is -2.28. The molecule has 0 saturated heterocycles. The van der Waals surface area contributed by atoms with E-state index in [9.17, 15) is 0 Å². The third-order valence-corrected chi connectivity index (χ3v) is 5.40. The molecule has 0 radical (unpaired) electrons. The van der Waals surface area contributed by atoms with Crippen LogP contribution in [0.2, 0.25) is 0 Å². The summed E-state index contributed by atoms with van der Waals surface area (Å²) in [5, 5.41) is 5.97. The molecule has 0 aliphatic heterocycles. The molecule has 1 nitrogen and oxygen atoms in total. The van der Waals surface area contributed by atoms with Crippen molar-refractivity contribution in [2.24, 2.45) is 0 Å². The second-order valence-electron chi connectivity index (χ2n) is 5.70. The predicted molar refractivity (Wildman–Crippen MR) is 90.6 cm³/mol. The van der Waals surface area contributed by atoms with Crippen LogP contribution in [0.15, 0.2) is 40.2 Å². The Kier molecular flexibility index (Phi) is 4.59. The van der Waals surface area contributed by atoms with Gasteiger partial charge in [-0.15, -0.1) is 11.3 Å². The fourth-order valence-corrected chi connectivity index (χ4v) is 4.30. The van der Waals surface area contributed by atoms with Crippen LogP contribution in [0.5, 0.6) is 0 Å². The monoisotopic (exact) mass is 349 g/mol. The first-order valence-electron chi connectivity index (χ1n) is 7.26. The van der Waals surface area contributed by atoms with E-state index >= 15 is 0 Å². The third-order valence-electron chi connectivity index (χ3n) is 4.00. The quantitative estimate of drug-likeness (QED) is 0.851. The van der Waals surface area contributed by atoms with E-state index in [-0.39, 0.29) is 0 Å². The van der Waals surface area contributed by atoms with E-state index in [0.717, 1.165) is 12.8 Å². The normalized spacial score (nSPS) is 19.6. The average Bonchev–Trinajstić information content (AvgIpc) is 2.91. The summed E-state index contributed by atoms with van der Waals surface area (Å²) in [6.07, 6.45) is 4.75. The van der Waals surface area contributed by atoms with Crippen LogP contribution < -0.4 is 5.32 Å². The summed E-state index contributed by atoms with van der Waals surface area (Å²) in [4.78, 5) is 1.48. The zero-order valence-electron chi connectivity index (χ0n) is 11.7. The Bertz CT molecular complexity index is 564. The van der Waals surface area contributed by atoms with Crippen molar-refractivity contribution in [2.75, 3.05) is 0 Å². The van der Waals surface area contributed by atoms with Crippen LogP contribution in [0.25, 0.3) is 0 Å². The van der Waals surface area contributed by atoms with Crippen LogP contribution in [0.4, 0.5) is 0 Å².